The van der Waals surface area contributed by atoms with Crippen molar-refractivity contribution in [2.45, 2.75) is 25.7 Å². The second-order valence-electron chi connectivity index (χ2n) is 3.69. The first-order chi connectivity index (χ1) is 6.43. The molecule has 2 nitrogen and oxygen atoms in total. The lowest BCUT2D eigenvalue weighted by molar-refractivity contribution is 0.336. The van der Waals surface area contributed by atoms with Crippen molar-refractivity contribution in [3.8, 4) is 0 Å². The number of halogens is 1. The topological polar surface area (TPSA) is 15.3 Å². The van der Waals surface area contributed by atoms with Crippen molar-refractivity contribution in [3.05, 3.63) is 0 Å². The van der Waals surface area contributed by atoms with Gasteiger partial charge in [-0.3, -0.25) is 0 Å². The average Bonchev–Trinajstić information content (AvgIpc) is 2.63. The molecule has 0 bridgehead atoms. The van der Waals surface area contributed by atoms with E-state index in [0.717, 1.165) is 25.4 Å². The van der Waals surface area contributed by atoms with Crippen LogP contribution in [0.3, 0.4) is 0 Å². The summed E-state index contributed by atoms with van der Waals surface area (Å²) >= 11 is 5.58. The number of hydrogen-bond donors (Lipinski definition) is 1. The van der Waals surface area contributed by atoms with Crippen molar-refractivity contribution in [3.63, 3.8) is 0 Å². The van der Waals surface area contributed by atoms with Gasteiger partial charge in [0.25, 0.3) is 0 Å². The van der Waals surface area contributed by atoms with E-state index >= 15 is 0 Å². The zero-order valence-corrected chi connectivity index (χ0v) is 9.15. The Morgan fingerprint density at radius 1 is 1.08 bits per heavy atom. The van der Waals surface area contributed by atoms with E-state index in [4.69, 9.17) is 11.6 Å². The Kier molecular flexibility index (Phi) is 6.60. The lowest BCUT2D eigenvalue weighted by atomic mass is 10.3. The third-order valence-electron chi connectivity index (χ3n) is 2.54. The summed E-state index contributed by atoms with van der Waals surface area (Å²) in [6.45, 7) is 6.11. The van der Waals surface area contributed by atoms with Crippen LogP contribution in [0.2, 0.25) is 0 Å². The lowest BCUT2D eigenvalue weighted by Gasteiger charge is -2.14. The fourth-order valence-electron chi connectivity index (χ4n) is 1.71. The number of nitrogens with zero attached hydrogens (tertiary/aromatic N) is 1. The molecule has 1 fully saturated rings. The standard InChI is InChI=1S/C10H21ClN2/c11-5-1-2-6-12-7-10-13-8-3-4-9-13/h12H,1-10H2. The van der Waals surface area contributed by atoms with E-state index in [1.807, 2.05) is 0 Å². The summed E-state index contributed by atoms with van der Waals surface area (Å²) in [7, 11) is 0. The molecule has 0 aromatic rings. The Morgan fingerprint density at radius 2 is 1.85 bits per heavy atom. The van der Waals surface area contributed by atoms with Gasteiger partial charge in [-0.2, -0.15) is 0 Å². The highest BCUT2D eigenvalue weighted by molar-refractivity contribution is 6.17. The molecule has 1 N–H and O–H groups in total. The van der Waals surface area contributed by atoms with Crippen LogP contribution in [-0.4, -0.2) is 43.5 Å². The van der Waals surface area contributed by atoms with Crippen LogP contribution in [-0.2, 0) is 0 Å². The first-order valence-electron chi connectivity index (χ1n) is 5.42. The summed E-state index contributed by atoms with van der Waals surface area (Å²) in [5.41, 5.74) is 0. The molecule has 0 aromatic heterocycles. The minimum Gasteiger partial charge on any atom is -0.315 e. The van der Waals surface area contributed by atoms with Crippen molar-refractivity contribution in [2.24, 2.45) is 0 Å². The maximum Gasteiger partial charge on any atom is 0.0223 e. The van der Waals surface area contributed by atoms with Crippen LogP contribution in [0.1, 0.15) is 25.7 Å². The van der Waals surface area contributed by atoms with Gasteiger partial charge in [-0.1, -0.05) is 0 Å². The zero-order valence-electron chi connectivity index (χ0n) is 8.40. The molecule has 0 aromatic carbocycles. The second-order valence-corrected chi connectivity index (χ2v) is 4.07. The van der Waals surface area contributed by atoms with Crippen LogP contribution in [0.5, 0.6) is 0 Å². The Morgan fingerprint density at radius 3 is 2.54 bits per heavy atom. The van der Waals surface area contributed by atoms with Gasteiger partial charge in [0.1, 0.15) is 0 Å². The number of unbranched alkanes of at least 4 members (excludes halogenated alkanes) is 1. The molecular weight excluding hydrogens is 184 g/mol. The molecule has 0 aliphatic carbocycles. The largest absolute Gasteiger partial charge is 0.315 e. The highest BCUT2D eigenvalue weighted by Gasteiger charge is 2.09. The normalized spacial score (nSPS) is 18.2. The molecule has 1 heterocycles. The summed E-state index contributed by atoms with van der Waals surface area (Å²) in [6, 6.07) is 0. The predicted molar refractivity (Wildman–Crippen MR) is 58.5 cm³/mol. The number of rotatable bonds is 7. The van der Waals surface area contributed by atoms with E-state index in [1.54, 1.807) is 0 Å². The van der Waals surface area contributed by atoms with Crippen LogP contribution in [0, 0.1) is 0 Å². The number of nitrogens with one attached hydrogen (secondary N) is 1. The minimum atomic E-state index is 0.799. The van der Waals surface area contributed by atoms with E-state index in [2.05, 4.69) is 10.2 Å². The first-order valence-corrected chi connectivity index (χ1v) is 5.96. The molecule has 0 amide bonds. The van der Waals surface area contributed by atoms with Gasteiger partial charge in [0, 0.05) is 19.0 Å². The molecule has 0 saturated carbocycles. The molecule has 0 atom stereocenters. The van der Waals surface area contributed by atoms with E-state index in [1.165, 1.54) is 38.9 Å². The molecule has 1 aliphatic rings. The monoisotopic (exact) mass is 204 g/mol. The van der Waals surface area contributed by atoms with Crippen LogP contribution < -0.4 is 5.32 Å². The third-order valence-corrected chi connectivity index (χ3v) is 2.81. The maximum absolute atomic E-state index is 5.58. The van der Waals surface area contributed by atoms with Crippen LogP contribution in [0.25, 0.3) is 0 Å². The highest BCUT2D eigenvalue weighted by Crippen LogP contribution is 2.05. The molecule has 0 spiro atoms. The number of likely N-dealkylation sites (tertiary alicyclic amines) is 1. The molecule has 1 rings (SSSR count). The van der Waals surface area contributed by atoms with Crippen molar-refractivity contribution in [2.75, 3.05) is 38.6 Å². The third kappa shape index (κ3) is 5.50. The quantitative estimate of drug-likeness (QED) is 0.502. The molecule has 3 heteroatoms. The molecule has 1 saturated heterocycles. The second kappa shape index (κ2) is 7.60. The van der Waals surface area contributed by atoms with Crippen LogP contribution in [0.4, 0.5) is 0 Å². The first kappa shape index (κ1) is 11.3. The maximum atomic E-state index is 5.58. The van der Waals surface area contributed by atoms with Crippen LogP contribution in [0.15, 0.2) is 0 Å². The van der Waals surface area contributed by atoms with E-state index in [0.29, 0.717) is 0 Å². The smallest absolute Gasteiger partial charge is 0.0223 e. The van der Waals surface area contributed by atoms with E-state index in [9.17, 15) is 0 Å². The Labute approximate surface area is 86.6 Å². The number of alkyl halides is 1. The molecule has 0 unspecified atom stereocenters. The Hall–Kier alpha value is 0.210. The molecule has 0 radical (unpaired) electrons. The van der Waals surface area contributed by atoms with Gasteiger partial charge < -0.3 is 10.2 Å². The SMILES string of the molecule is ClCCCCNCCN1CCCC1. The van der Waals surface area contributed by atoms with Gasteiger partial charge in [-0.25, -0.2) is 0 Å². The molecule has 13 heavy (non-hydrogen) atoms. The Bertz CT molecular complexity index is 113. The summed E-state index contributed by atoms with van der Waals surface area (Å²) in [5.74, 6) is 0.799. The summed E-state index contributed by atoms with van der Waals surface area (Å²) in [4.78, 5) is 2.54. The van der Waals surface area contributed by atoms with Gasteiger partial charge in [0.2, 0.25) is 0 Å². The van der Waals surface area contributed by atoms with Gasteiger partial charge in [-0.15, -0.1) is 11.6 Å². The highest BCUT2D eigenvalue weighted by atomic mass is 35.5. The molecule has 1 aliphatic heterocycles. The number of hydrogen-bond acceptors (Lipinski definition) is 2. The average molecular weight is 205 g/mol. The van der Waals surface area contributed by atoms with Crippen molar-refractivity contribution in [1.29, 1.82) is 0 Å². The van der Waals surface area contributed by atoms with Gasteiger partial charge >= 0.3 is 0 Å². The summed E-state index contributed by atoms with van der Waals surface area (Å²) in [5, 5.41) is 3.45. The van der Waals surface area contributed by atoms with Gasteiger partial charge in [0.05, 0.1) is 0 Å². The Balaban J connectivity index is 1.78. The summed E-state index contributed by atoms with van der Waals surface area (Å²) in [6.07, 6.45) is 5.14. The fourth-order valence-corrected chi connectivity index (χ4v) is 1.90. The van der Waals surface area contributed by atoms with Gasteiger partial charge in [-0.05, 0) is 45.3 Å². The lowest BCUT2D eigenvalue weighted by Crippen LogP contribution is -2.30. The van der Waals surface area contributed by atoms with Gasteiger partial charge in [0.15, 0.2) is 0 Å². The van der Waals surface area contributed by atoms with Crippen LogP contribution >= 0.6 is 11.6 Å². The van der Waals surface area contributed by atoms with Crippen molar-refractivity contribution >= 4 is 11.6 Å². The van der Waals surface area contributed by atoms with Crippen molar-refractivity contribution < 1.29 is 0 Å². The van der Waals surface area contributed by atoms with Crippen molar-refractivity contribution in [1.82, 2.24) is 10.2 Å². The van der Waals surface area contributed by atoms with E-state index < -0.39 is 0 Å². The zero-order chi connectivity index (χ0) is 9.36. The molecule has 78 valence electrons. The minimum absolute atomic E-state index is 0.799. The van der Waals surface area contributed by atoms with E-state index in [-0.39, 0.29) is 0 Å². The fraction of sp³-hybridized carbons (Fsp3) is 1.00. The molecular formula is C10H21ClN2. The predicted octanol–water partition coefficient (Wildman–Crippen LogP) is 1.69. The summed E-state index contributed by atoms with van der Waals surface area (Å²) < 4.78 is 0.